The van der Waals surface area contributed by atoms with Crippen LogP contribution in [0, 0.1) is 0 Å². The number of nitrogens with two attached hydrogens (primary N) is 1. The average molecular weight is 219 g/mol. The Morgan fingerprint density at radius 2 is 2.13 bits per heavy atom. The molecule has 0 heterocycles. The van der Waals surface area contributed by atoms with Crippen molar-refractivity contribution in [3.8, 4) is 0 Å². The van der Waals surface area contributed by atoms with Gasteiger partial charge in [0.25, 0.3) is 0 Å². The molecule has 0 bridgehead atoms. The molecule has 0 fully saturated rings. The lowest BCUT2D eigenvalue weighted by Gasteiger charge is -2.19. The standard InChI is InChI=1S/C9H21N3O3/c1-3-12(7-8-14-4-2)6-5-9(13)15-11-10/h11H,3-8,10H2,1-2H3. The molecule has 0 atom stereocenters. The summed E-state index contributed by atoms with van der Waals surface area (Å²) in [6, 6.07) is 0. The van der Waals surface area contributed by atoms with E-state index in [0.29, 0.717) is 19.6 Å². The number of likely N-dealkylation sites (N-methyl/N-ethyl adjacent to an activating group) is 1. The summed E-state index contributed by atoms with van der Waals surface area (Å²) in [5, 5.41) is 0. The van der Waals surface area contributed by atoms with Gasteiger partial charge in [-0.25, -0.2) is 5.84 Å². The lowest BCUT2D eigenvalue weighted by molar-refractivity contribution is -0.151. The van der Waals surface area contributed by atoms with Crippen molar-refractivity contribution < 1.29 is 14.4 Å². The average Bonchev–Trinajstić information content (AvgIpc) is 2.23. The Hall–Kier alpha value is -0.690. The third-order valence-corrected chi connectivity index (χ3v) is 2.01. The highest BCUT2D eigenvalue weighted by Gasteiger charge is 2.07. The number of hydrogen-bond acceptors (Lipinski definition) is 6. The number of rotatable bonds is 9. The minimum atomic E-state index is -0.354. The van der Waals surface area contributed by atoms with Gasteiger partial charge in [0.2, 0.25) is 0 Å². The Morgan fingerprint density at radius 1 is 1.40 bits per heavy atom. The van der Waals surface area contributed by atoms with Crippen LogP contribution in [0.3, 0.4) is 0 Å². The van der Waals surface area contributed by atoms with Crippen molar-refractivity contribution in [3.63, 3.8) is 0 Å². The number of hydrogen-bond donors (Lipinski definition) is 2. The maximum atomic E-state index is 11.0. The molecule has 0 aromatic rings. The van der Waals surface area contributed by atoms with Gasteiger partial charge in [0.1, 0.15) is 0 Å². The fourth-order valence-corrected chi connectivity index (χ4v) is 1.13. The first-order chi connectivity index (χ1) is 7.24. The number of ether oxygens (including phenoxy) is 1. The van der Waals surface area contributed by atoms with Crippen molar-refractivity contribution in [1.29, 1.82) is 0 Å². The summed E-state index contributed by atoms with van der Waals surface area (Å²) >= 11 is 0. The Morgan fingerprint density at radius 3 is 2.67 bits per heavy atom. The number of nitrogens with one attached hydrogen (secondary N) is 1. The maximum absolute atomic E-state index is 11.0. The van der Waals surface area contributed by atoms with Gasteiger partial charge in [-0.2, -0.15) is 0 Å². The number of carbonyl (C=O) groups excluding carboxylic acids is 1. The largest absolute Gasteiger partial charge is 0.380 e. The summed E-state index contributed by atoms with van der Waals surface area (Å²) in [4.78, 5) is 17.5. The molecule has 15 heavy (non-hydrogen) atoms. The first-order valence-corrected chi connectivity index (χ1v) is 5.19. The molecule has 0 spiro atoms. The second-order valence-electron chi connectivity index (χ2n) is 2.97. The van der Waals surface area contributed by atoms with Crippen LogP contribution in [0.5, 0.6) is 0 Å². The van der Waals surface area contributed by atoms with Crippen molar-refractivity contribution in [2.24, 2.45) is 5.84 Å². The van der Waals surface area contributed by atoms with Crippen LogP contribution in [0.15, 0.2) is 0 Å². The molecule has 0 saturated carbocycles. The minimum absolute atomic E-state index is 0.324. The predicted octanol–water partition coefficient (Wildman–Crippen LogP) is -0.344. The highest BCUT2D eigenvalue weighted by atomic mass is 16.7. The Labute approximate surface area is 90.6 Å². The molecule has 0 aliphatic rings. The summed E-state index contributed by atoms with van der Waals surface area (Å²) in [6.07, 6.45) is 0.324. The van der Waals surface area contributed by atoms with E-state index in [0.717, 1.165) is 19.7 Å². The summed E-state index contributed by atoms with van der Waals surface area (Å²) in [5.74, 6) is 4.49. The Balaban J connectivity index is 3.55. The predicted molar refractivity (Wildman–Crippen MR) is 56.6 cm³/mol. The molecule has 0 aliphatic carbocycles. The lowest BCUT2D eigenvalue weighted by Crippen LogP contribution is -2.32. The smallest absolute Gasteiger partial charge is 0.327 e. The van der Waals surface area contributed by atoms with E-state index >= 15 is 0 Å². The van der Waals surface area contributed by atoms with Crippen LogP contribution < -0.4 is 11.4 Å². The molecular weight excluding hydrogens is 198 g/mol. The topological polar surface area (TPSA) is 76.8 Å². The van der Waals surface area contributed by atoms with Gasteiger partial charge in [-0.1, -0.05) is 12.5 Å². The normalized spacial score (nSPS) is 10.7. The number of carbonyl (C=O) groups is 1. The van der Waals surface area contributed by atoms with E-state index in [2.05, 4.69) is 9.74 Å². The zero-order valence-electron chi connectivity index (χ0n) is 9.49. The van der Waals surface area contributed by atoms with E-state index in [9.17, 15) is 4.79 Å². The second-order valence-corrected chi connectivity index (χ2v) is 2.97. The molecule has 3 N–H and O–H groups in total. The molecular formula is C9H21N3O3. The summed E-state index contributed by atoms with van der Waals surface area (Å²) in [6.45, 7) is 7.78. The quantitative estimate of drug-likeness (QED) is 0.314. The van der Waals surface area contributed by atoms with E-state index in [-0.39, 0.29) is 5.97 Å². The van der Waals surface area contributed by atoms with Crippen LogP contribution in [0.4, 0.5) is 0 Å². The number of nitrogens with zero attached hydrogens (tertiary/aromatic N) is 1. The molecule has 0 aliphatic heterocycles. The van der Waals surface area contributed by atoms with Gasteiger partial charge in [-0.15, -0.1) is 0 Å². The van der Waals surface area contributed by atoms with E-state index in [1.807, 2.05) is 19.4 Å². The third-order valence-electron chi connectivity index (χ3n) is 2.01. The van der Waals surface area contributed by atoms with Crippen molar-refractivity contribution in [2.75, 3.05) is 32.8 Å². The fraction of sp³-hybridized carbons (Fsp3) is 0.889. The van der Waals surface area contributed by atoms with Gasteiger partial charge in [-0.05, 0) is 13.5 Å². The van der Waals surface area contributed by atoms with Crippen LogP contribution >= 0.6 is 0 Å². The van der Waals surface area contributed by atoms with Crippen LogP contribution in [-0.4, -0.2) is 43.7 Å². The maximum Gasteiger partial charge on any atom is 0.327 e. The summed E-state index contributed by atoms with van der Waals surface area (Å²) < 4.78 is 5.23. The molecule has 0 rings (SSSR count). The van der Waals surface area contributed by atoms with Gasteiger partial charge < -0.3 is 14.5 Å². The van der Waals surface area contributed by atoms with E-state index < -0.39 is 0 Å². The van der Waals surface area contributed by atoms with Gasteiger partial charge >= 0.3 is 5.97 Å². The molecule has 0 unspecified atom stereocenters. The molecule has 90 valence electrons. The zero-order valence-corrected chi connectivity index (χ0v) is 9.49. The summed E-state index contributed by atoms with van der Waals surface area (Å²) in [7, 11) is 0. The van der Waals surface area contributed by atoms with E-state index in [1.165, 1.54) is 0 Å². The fourth-order valence-electron chi connectivity index (χ4n) is 1.13. The Kier molecular flexibility index (Phi) is 9.40. The first-order valence-electron chi connectivity index (χ1n) is 5.19. The molecule has 0 aromatic heterocycles. The van der Waals surface area contributed by atoms with Crippen LogP contribution in [-0.2, 0) is 14.4 Å². The Bertz CT molecular complexity index is 167. The van der Waals surface area contributed by atoms with Crippen molar-refractivity contribution in [1.82, 2.24) is 10.5 Å². The molecule has 0 aromatic carbocycles. The van der Waals surface area contributed by atoms with Crippen molar-refractivity contribution in [2.45, 2.75) is 20.3 Å². The van der Waals surface area contributed by atoms with Gasteiger partial charge in [-0.3, -0.25) is 4.79 Å². The molecule has 0 amide bonds. The second kappa shape index (κ2) is 9.85. The SMILES string of the molecule is CCOCCN(CC)CCC(=O)ONN. The van der Waals surface area contributed by atoms with Gasteiger partial charge in [0.05, 0.1) is 13.0 Å². The monoisotopic (exact) mass is 219 g/mol. The zero-order chi connectivity index (χ0) is 11.5. The molecule has 6 nitrogen and oxygen atoms in total. The highest BCUT2D eigenvalue weighted by Crippen LogP contribution is 1.93. The van der Waals surface area contributed by atoms with E-state index in [1.54, 1.807) is 0 Å². The van der Waals surface area contributed by atoms with Gasteiger partial charge in [0.15, 0.2) is 0 Å². The van der Waals surface area contributed by atoms with E-state index in [4.69, 9.17) is 10.6 Å². The van der Waals surface area contributed by atoms with Crippen molar-refractivity contribution in [3.05, 3.63) is 0 Å². The van der Waals surface area contributed by atoms with Crippen LogP contribution in [0.1, 0.15) is 20.3 Å². The minimum Gasteiger partial charge on any atom is -0.380 e. The van der Waals surface area contributed by atoms with Crippen molar-refractivity contribution >= 4 is 5.97 Å². The third kappa shape index (κ3) is 8.31. The van der Waals surface area contributed by atoms with Crippen LogP contribution in [0.2, 0.25) is 0 Å². The first kappa shape index (κ1) is 14.3. The number of hydrazine groups is 1. The molecule has 6 heteroatoms. The lowest BCUT2D eigenvalue weighted by atomic mass is 10.4. The summed E-state index contributed by atoms with van der Waals surface area (Å²) in [5.41, 5.74) is 1.87. The molecule has 0 radical (unpaired) electrons. The molecule has 0 saturated heterocycles. The highest BCUT2D eigenvalue weighted by molar-refractivity contribution is 5.69. The van der Waals surface area contributed by atoms with Gasteiger partial charge in [0, 0.05) is 19.7 Å². The van der Waals surface area contributed by atoms with Crippen LogP contribution in [0.25, 0.3) is 0 Å².